The van der Waals surface area contributed by atoms with Gasteiger partial charge in [0.15, 0.2) is 6.61 Å². The predicted molar refractivity (Wildman–Crippen MR) is 107 cm³/mol. The van der Waals surface area contributed by atoms with Crippen molar-refractivity contribution in [1.82, 2.24) is 5.32 Å². The number of nitrogens with one attached hydrogen (secondary N) is 2. The van der Waals surface area contributed by atoms with Gasteiger partial charge in [0, 0.05) is 27.8 Å². The summed E-state index contributed by atoms with van der Waals surface area (Å²) < 4.78 is 6.64. The largest absolute Gasteiger partial charge is 0.483 e. The van der Waals surface area contributed by atoms with Gasteiger partial charge in [-0.15, -0.1) is 0 Å². The fourth-order valence-corrected chi connectivity index (χ4v) is 2.60. The molecule has 0 atom stereocenters. The molecule has 0 aromatic heterocycles. The maximum Gasteiger partial charge on any atom is 0.262 e. The molecular formula is C20H25BrN2O3. The number of benzene rings is 2. The summed E-state index contributed by atoms with van der Waals surface area (Å²) in [6, 6.07) is 13.2. The number of hydrogen-bond acceptors (Lipinski definition) is 4. The average Bonchev–Trinajstić information content (AvgIpc) is 2.61. The van der Waals surface area contributed by atoms with Crippen molar-refractivity contribution in [3.63, 3.8) is 0 Å². The molecule has 0 fully saturated rings. The first-order valence-corrected chi connectivity index (χ1v) is 9.22. The third-order valence-electron chi connectivity index (χ3n) is 3.87. The predicted octanol–water partition coefficient (Wildman–Crippen LogP) is 3.64. The molecule has 2 aromatic carbocycles. The van der Waals surface area contributed by atoms with E-state index in [-0.39, 0.29) is 19.1 Å². The highest BCUT2D eigenvalue weighted by Crippen LogP contribution is 2.24. The molecule has 2 aromatic rings. The van der Waals surface area contributed by atoms with Gasteiger partial charge in [0.05, 0.1) is 6.61 Å². The normalized spacial score (nSPS) is 11.3. The molecule has 5 nitrogen and oxygen atoms in total. The SMILES string of the molecule is Cc1ccc(NC(=O)COc2ccc(Br)cc2CNC(C)(C)CO)cc1. The lowest BCUT2D eigenvalue weighted by molar-refractivity contribution is -0.118. The average molecular weight is 421 g/mol. The van der Waals surface area contributed by atoms with Crippen LogP contribution in [0.25, 0.3) is 0 Å². The number of amides is 1. The van der Waals surface area contributed by atoms with Crippen molar-refractivity contribution in [3.8, 4) is 5.75 Å². The van der Waals surface area contributed by atoms with Crippen LogP contribution in [0, 0.1) is 6.92 Å². The Morgan fingerprint density at radius 3 is 2.54 bits per heavy atom. The minimum absolute atomic E-state index is 0.0240. The van der Waals surface area contributed by atoms with Crippen molar-refractivity contribution in [2.24, 2.45) is 0 Å². The second-order valence-electron chi connectivity index (χ2n) is 6.85. The van der Waals surface area contributed by atoms with Gasteiger partial charge in [-0.05, 0) is 51.1 Å². The lowest BCUT2D eigenvalue weighted by Crippen LogP contribution is -2.42. The zero-order chi connectivity index (χ0) is 19.2. The smallest absolute Gasteiger partial charge is 0.262 e. The van der Waals surface area contributed by atoms with Gasteiger partial charge < -0.3 is 20.5 Å². The quantitative estimate of drug-likeness (QED) is 0.609. The molecule has 0 aliphatic carbocycles. The Morgan fingerprint density at radius 2 is 1.88 bits per heavy atom. The van der Waals surface area contributed by atoms with Gasteiger partial charge in [0.1, 0.15) is 5.75 Å². The Labute approximate surface area is 162 Å². The van der Waals surface area contributed by atoms with E-state index >= 15 is 0 Å². The summed E-state index contributed by atoms with van der Waals surface area (Å²) in [6.07, 6.45) is 0. The molecule has 0 unspecified atom stereocenters. The van der Waals surface area contributed by atoms with Gasteiger partial charge in [-0.1, -0.05) is 33.6 Å². The van der Waals surface area contributed by atoms with Gasteiger partial charge in [-0.2, -0.15) is 0 Å². The Hall–Kier alpha value is -1.89. The molecule has 0 heterocycles. The van der Waals surface area contributed by atoms with E-state index in [1.807, 2.05) is 63.2 Å². The maximum atomic E-state index is 12.1. The minimum atomic E-state index is -0.400. The lowest BCUT2D eigenvalue weighted by Gasteiger charge is -2.24. The monoisotopic (exact) mass is 420 g/mol. The summed E-state index contributed by atoms with van der Waals surface area (Å²) in [4.78, 5) is 12.1. The molecule has 0 aliphatic heterocycles. The van der Waals surface area contributed by atoms with Crippen LogP contribution in [0.3, 0.4) is 0 Å². The fourth-order valence-electron chi connectivity index (χ4n) is 2.19. The highest BCUT2D eigenvalue weighted by molar-refractivity contribution is 9.10. The van der Waals surface area contributed by atoms with Gasteiger partial charge >= 0.3 is 0 Å². The number of halogens is 1. The first-order chi connectivity index (χ1) is 12.3. The van der Waals surface area contributed by atoms with Crippen LogP contribution >= 0.6 is 15.9 Å². The molecule has 3 N–H and O–H groups in total. The Kier molecular flexibility index (Phi) is 7.20. The number of aryl methyl sites for hydroxylation is 1. The van der Waals surface area contributed by atoms with Crippen LogP contribution in [-0.2, 0) is 11.3 Å². The molecule has 0 aliphatic rings. The fraction of sp³-hybridized carbons (Fsp3) is 0.350. The standard InChI is InChI=1S/C20H25BrN2O3/c1-14-4-7-17(8-5-14)23-19(25)12-26-18-9-6-16(21)10-15(18)11-22-20(2,3)13-24/h4-10,22,24H,11-13H2,1-3H3,(H,23,25). The van der Waals surface area contributed by atoms with Gasteiger partial charge in [0.2, 0.25) is 0 Å². The number of anilines is 1. The number of aliphatic hydroxyl groups excluding tert-OH is 1. The van der Waals surface area contributed by atoms with Gasteiger partial charge in [-0.25, -0.2) is 0 Å². The molecule has 0 saturated carbocycles. The van der Waals surface area contributed by atoms with Crippen LogP contribution in [0.2, 0.25) is 0 Å². The number of carbonyl (C=O) groups excluding carboxylic acids is 1. The number of ether oxygens (including phenoxy) is 1. The summed E-state index contributed by atoms with van der Waals surface area (Å²) in [7, 11) is 0. The number of hydrogen-bond donors (Lipinski definition) is 3. The number of aliphatic hydroxyl groups is 1. The highest BCUT2D eigenvalue weighted by atomic mass is 79.9. The zero-order valence-corrected chi connectivity index (χ0v) is 16.9. The first kappa shape index (κ1) is 20.4. The van der Waals surface area contributed by atoms with Crippen molar-refractivity contribution in [2.75, 3.05) is 18.5 Å². The zero-order valence-electron chi connectivity index (χ0n) is 15.3. The molecule has 1 amide bonds. The first-order valence-electron chi connectivity index (χ1n) is 8.43. The van der Waals surface area contributed by atoms with Gasteiger partial charge in [-0.3, -0.25) is 4.79 Å². The lowest BCUT2D eigenvalue weighted by atomic mass is 10.1. The summed E-state index contributed by atoms with van der Waals surface area (Å²) in [5.74, 6) is 0.417. The third-order valence-corrected chi connectivity index (χ3v) is 4.36. The molecule has 0 spiro atoms. The van der Waals surface area contributed by atoms with Crippen LogP contribution in [-0.4, -0.2) is 29.8 Å². The Balaban J connectivity index is 1.97. The minimum Gasteiger partial charge on any atom is -0.483 e. The Morgan fingerprint density at radius 1 is 1.19 bits per heavy atom. The summed E-state index contributed by atoms with van der Waals surface area (Å²) >= 11 is 3.45. The van der Waals surface area contributed by atoms with E-state index in [1.165, 1.54) is 0 Å². The summed E-state index contributed by atoms with van der Waals surface area (Å²) in [6.45, 7) is 6.29. The molecule has 0 saturated heterocycles. The van der Waals surface area contributed by atoms with Crippen LogP contribution in [0.15, 0.2) is 46.9 Å². The van der Waals surface area contributed by atoms with Crippen molar-refractivity contribution >= 4 is 27.5 Å². The van der Waals surface area contributed by atoms with E-state index in [0.717, 1.165) is 21.3 Å². The molecule has 140 valence electrons. The third kappa shape index (κ3) is 6.44. The molecule has 6 heteroatoms. The molecule has 26 heavy (non-hydrogen) atoms. The van der Waals surface area contributed by atoms with Crippen molar-refractivity contribution in [1.29, 1.82) is 0 Å². The van der Waals surface area contributed by atoms with E-state index in [4.69, 9.17) is 4.74 Å². The van der Waals surface area contributed by atoms with E-state index in [0.29, 0.717) is 12.3 Å². The van der Waals surface area contributed by atoms with Crippen molar-refractivity contribution in [2.45, 2.75) is 32.9 Å². The number of carbonyl (C=O) groups is 1. The molecule has 0 radical (unpaired) electrons. The molecule has 2 rings (SSSR count). The van der Waals surface area contributed by atoms with E-state index in [1.54, 1.807) is 0 Å². The second-order valence-corrected chi connectivity index (χ2v) is 7.77. The van der Waals surface area contributed by atoms with E-state index < -0.39 is 5.54 Å². The van der Waals surface area contributed by atoms with Crippen LogP contribution in [0.4, 0.5) is 5.69 Å². The van der Waals surface area contributed by atoms with E-state index in [2.05, 4.69) is 26.6 Å². The van der Waals surface area contributed by atoms with E-state index in [9.17, 15) is 9.90 Å². The highest BCUT2D eigenvalue weighted by Gasteiger charge is 2.16. The molecular weight excluding hydrogens is 396 g/mol. The van der Waals surface area contributed by atoms with Crippen LogP contribution < -0.4 is 15.4 Å². The van der Waals surface area contributed by atoms with Crippen LogP contribution in [0.1, 0.15) is 25.0 Å². The van der Waals surface area contributed by atoms with Gasteiger partial charge in [0.25, 0.3) is 5.91 Å². The molecule has 0 bridgehead atoms. The van der Waals surface area contributed by atoms with Crippen LogP contribution in [0.5, 0.6) is 5.75 Å². The van der Waals surface area contributed by atoms with Crippen molar-refractivity contribution in [3.05, 3.63) is 58.1 Å². The van der Waals surface area contributed by atoms with Crippen molar-refractivity contribution < 1.29 is 14.6 Å². The summed E-state index contributed by atoms with van der Waals surface area (Å²) in [5.41, 5.74) is 2.38. The topological polar surface area (TPSA) is 70.6 Å². The number of rotatable bonds is 8. The second kappa shape index (κ2) is 9.16. The Bertz CT molecular complexity index is 745. The maximum absolute atomic E-state index is 12.1. The summed E-state index contributed by atoms with van der Waals surface area (Å²) in [5, 5.41) is 15.5.